The number of benzene rings is 1. The molecule has 0 unspecified atom stereocenters. The lowest BCUT2D eigenvalue weighted by atomic mass is 10.3. The number of hydrogen-bond acceptors (Lipinski definition) is 4. The summed E-state index contributed by atoms with van der Waals surface area (Å²) in [5.41, 5.74) is 2.69. The van der Waals surface area contributed by atoms with Gasteiger partial charge in [-0.2, -0.15) is 15.0 Å². The number of rotatable bonds is 4. The van der Waals surface area contributed by atoms with Crippen LogP contribution >= 0.6 is 11.6 Å². The van der Waals surface area contributed by atoms with E-state index in [0.717, 1.165) is 17.1 Å². The Kier molecular flexibility index (Phi) is 3.60. The Morgan fingerprint density at radius 2 is 2.00 bits per heavy atom. The van der Waals surface area contributed by atoms with Gasteiger partial charge in [0, 0.05) is 11.9 Å². The van der Waals surface area contributed by atoms with Crippen LogP contribution < -0.4 is 5.32 Å². The zero-order valence-electron chi connectivity index (χ0n) is 10.6. The average molecular weight is 286 g/mol. The van der Waals surface area contributed by atoms with E-state index in [1.54, 1.807) is 23.3 Å². The van der Waals surface area contributed by atoms with E-state index in [2.05, 4.69) is 20.5 Å². The third-order valence-electron chi connectivity index (χ3n) is 2.73. The number of hydrogen-bond donors (Lipinski definition) is 1. The van der Waals surface area contributed by atoms with Gasteiger partial charge in [-0.3, -0.25) is 0 Å². The Morgan fingerprint density at radius 1 is 1.15 bits per heavy atom. The lowest BCUT2D eigenvalue weighted by Gasteiger charge is -2.03. The predicted octanol–water partition coefficient (Wildman–Crippen LogP) is 2.93. The van der Waals surface area contributed by atoms with E-state index < -0.39 is 0 Å². The molecule has 1 N–H and O–H groups in total. The van der Waals surface area contributed by atoms with Crippen LogP contribution in [-0.2, 0) is 6.54 Å². The van der Waals surface area contributed by atoms with Crippen molar-refractivity contribution in [1.82, 2.24) is 20.0 Å². The summed E-state index contributed by atoms with van der Waals surface area (Å²) in [5, 5.41) is 12.3. The summed E-state index contributed by atoms with van der Waals surface area (Å²) >= 11 is 5.83. The first-order valence-electron chi connectivity index (χ1n) is 6.13. The van der Waals surface area contributed by atoms with Gasteiger partial charge in [0.25, 0.3) is 0 Å². The van der Waals surface area contributed by atoms with E-state index >= 15 is 0 Å². The van der Waals surface area contributed by atoms with Crippen LogP contribution in [0.25, 0.3) is 5.69 Å². The molecule has 0 aliphatic rings. The van der Waals surface area contributed by atoms with Crippen LogP contribution in [0, 0.1) is 0 Å². The lowest BCUT2D eigenvalue weighted by molar-refractivity contribution is 0.740. The SMILES string of the molecule is Clc1cc(NCc2cnn(-c3ccccc3)n2)ccn1. The molecule has 0 spiro atoms. The first-order valence-corrected chi connectivity index (χ1v) is 6.51. The minimum atomic E-state index is 0.461. The molecule has 0 amide bonds. The van der Waals surface area contributed by atoms with Crippen molar-refractivity contribution in [3.8, 4) is 5.69 Å². The van der Waals surface area contributed by atoms with Crippen molar-refractivity contribution in [2.75, 3.05) is 5.32 Å². The fraction of sp³-hybridized carbons (Fsp3) is 0.0714. The number of pyridine rings is 1. The first-order chi connectivity index (χ1) is 9.81. The second-order valence-electron chi connectivity index (χ2n) is 4.18. The molecule has 0 saturated carbocycles. The van der Waals surface area contributed by atoms with Gasteiger partial charge >= 0.3 is 0 Å². The van der Waals surface area contributed by atoms with Crippen molar-refractivity contribution >= 4 is 17.3 Å². The zero-order chi connectivity index (χ0) is 13.8. The van der Waals surface area contributed by atoms with Crippen molar-refractivity contribution < 1.29 is 0 Å². The van der Waals surface area contributed by atoms with Crippen molar-refractivity contribution in [2.24, 2.45) is 0 Å². The Labute approximate surface area is 121 Å². The van der Waals surface area contributed by atoms with Gasteiger partial charge in [-0.1, -0.05) is 29.8 Å². The van der Waals surface area contributed by atoms with Crippen molar-refractivity contribution in [3.05, 3.63) is 65.7 Å². The molecule has 1 aromatic carbocycles. The lowest BCUT2D eigenvalue weighted by Crippen LogP contribution is -2.02. The second kappa shape index (κ2) is 5.71. The standard InChI is InChI=1S/C14H12ClN5/c15-14-8-11(6-7-16-14)17-9-12-10-18-20(19-12)13-4-2-1-3-5-13/h1-8,10H,9H2,(H,16,17). The molecular weight excluding hydrogens is 274 g/mol. The molecule has 5 nitrogen and oxygen atoms in total. The summed E-state index contributed by atoms with van der Waals surface area (Å²) < 4.78 is 0. The Bertz CT molecular complexity index is 696. The Hall–Kier alpha value is -2.40. The normalized spacial score (nSPS) is 10.4. The maximum absolute atomic E-state index is 5.83. The second-order valence-corrected chi connectivity index (χ2v) is 4.57. The van der Waals surface area contributed by atoms with Crippen molar-refractivity contribution in [3.63, 3.8) is 0 Å². The number of nitrogens with one attached hydrogen (secondary N) is 1. The molecule has 0 fully saturated rings. The van der Waals surface area contributed by atoms with Crippen LogP contribution in [-0.4, -0.2) is 20.0 Å². The number of para-hydroxylation sites is 1. The maximum Gasteiger partial charge on any atom is 0.131 e. The molecule has 2 heterocycles. The molecule has 0 saturated heterocycles. The number of aromatic nitrogens is 4. The fourth-order valence-corrected chi connectivity index (χ4v) is 1.94. The first kappa shape index (κ1) is 12.6. The quantitative estimate of drug-likeness (QED) is 0.749. The minimum absolute atomic E-state index is 0.461. The molecule has 0 aliphatic heterocycles. The van der Waals surface area contributed by atoms with E-state index in [0.29, 0.717) is 11.7 Å². The van der Waals surface area contributed by atoms with Crippen LogP contribution in [0.4, 0.5) is 5.69 Å². The largest absolute Gasteiger partial charge is 0.379 e. The van der Waals surface area contributed by atoms with Gasteiger partial charge in [0.1, 0.15) is 10.8 Å². The molecule has 2 aromatic heterocycles. The van der Waals surface area contributed by atoms with Gasteiger partial charge in [-0.25, -0.2) is 4.98 Å². The number of nitrogens with zero attached hydrogens (tertiary/aromatic N) is 4. The van der Waals surface area contributed by atoms with Gasteiger partial charge in [-0.05, 0) is 24.3 Å². The van der Waals surface area contributed by atoms with E-state index in [9.17, 15) is 0 Å². The molecule has 0 bridgehead atoms. The van der Waals surface area contributed by atoms with Crippen LogP contribution in [0.2, 0.25) is 5.15 Å². The highest BCUT2D eigenvalue weighted by atomic mass is 35.5. The van der Waals surface area contributed by atoms with Gasteiger partial charge in [0.15, 0.2) is 0 Å². The maximum atomic E-state index is 5.83. The summed E-state index contributed by atoms with van der Waals surface area (Å²) in [5.74, 6) is 0. The Morgan fingerprint density at radius 3 is 2.80 bits per heavy atom. The van der Waals surface area contributed by atoms with Crippen LogP contribution in [0.1, 0.15) is 5.69 Å². The zero-order valence-corrected chi connectivity index (χ0v) is 11.3. The highest BCUT2D eigenvalue weighted by Gasteiger charge is 2.02. The van der Waals surface area contributed by atoms with E-state index in [1.807, 2.05) is 36.4 Å². The third kappa shape index (κ3) is 2.95. The molecule has 0 radical (unpaired) electrons. The van der Waals surface area contributed by atoms with Crippen LogP contribution in [0.15, 0.2) is 54.9 Å². The van der Waals surface area contributed by atoms with E-state index in [4.69, 9.17) is 11.6 Å². The molecule has 20 heavy (non-hydrogen) atoms. The van der Waals surface area contributed by atoms with Crippen molar-refractivity contribution in [1.29, 1.82) is 0 Å². The fourth-order valence-electron chi connectivity index (χ4n) is 1.77. The molecule has 6 heteroatoms. The van der Waals surface area contributed by atoms with Crippen LogP contribution in [0.3, 0.4) is 0 Å². The van der Waals surface area contributed by atoms with Crippen molar-refractivity contribution in [2.45, 2.75) is 6.54 Å². The summed E-state index contributed by atoms with van der Waals surface area (Å²) in [6.45, 7) is 0.577. The molecule has 3 aromatic rings. The predicted molar refractivity (Wildman–Crippen MR) is 77.9 cm³/mol. The van der Waals surface area contributed by atoms with E-state index in [-0.39, 0.29) is 0 Å². The van der Waals surface area contributed by atoms with Gasteiger partial charge in [-0.15, -0.1) is 0 Å². The summed E-state index contributed by atoms with van der Waals surface area (Å²) in [4.78, 5) is 5.54. The summed E-state index contributed by atoms with van der Waals surface area (Å²) in [6.07, 6.45) is 3.40. The van der Waals surface area contributed by atoms with Gasteiger partial charge in [0.05, 0.1) is 18.4 Å². The smallest absolute Gasteiger partial charge is 0.131 e. The Balaban J connectivity index is 1.69. The molecule has 100 valence electrons. The monoisotopic (exact) mass is 285 g/mol. The topological polar surface area (TPSA) is 55.6 Å². The van der Waals surface area contributed by atoms with Crippen LogP contribution in [0.5, 0.6) is 0 Å². The highest BCUT2D eigenvalue weighted by molar-refractivity contribution is 6.29. The average Bonchev–Trinajstić information content (AvgIpc) is 2.95. The van der Waals surface area contributed by atoms with Gasteiger partial charge < -0.3 is 5.32 Å². The molecule has 3 rings (SSSR count). The molecule has 0 atom stereocenters. The molecular formula is C14H12ClN5. The van der Waals surface area contributed by atoms with Gasteiger partial charge in [0.2, 0.25) is 0 Å². The minimum Gasteiger partial charge on any atom is -0.379 e. The third-order valence-corrected chi connectivity index (χ3v) is 2.93. The molecule has 0 aliphatic carbocycles. The highest BCUT2D eigenvalue weighted by Crippen LogP contribution is 2.13. The number of anilines is 1. The summed E-state index contributed by atoms with van der Waals surface area (Å²) in [6, 6.07) is 13.4. The number of halogens is 1. The summed E-state index contributed by atoms with van der Waals surface area (Å²) in [7, 11) is 0. The van der Waals surface area contributed by atoms with E-state index in [1.165, 1.54) is 0 Å².